The van der Waals surface area contributed by atoms with E-state index in [2.05, 4.69) is 138 Å². The van der Waals surface area contributed by atoms with Crippen LogP contribution < -0.4 is 0 Å². The van der Waals surface area contributed by atoms with Crippen LogP contribution in [0.4, 0.5) is 0 Å². The van der Waals surface area contributed by atoms with E-state index >= 15 is 0 Å². The zero-order valence-corrected chi connectivity index (χ0v) is 40.7. The smallest absolute Gasteiger partial charge is 0.358 e. The summed E-state index contributed by atoms with van der Waals surface area (Å²) in [5.41, 5.74) is 8.97. The molecule has 0 aromatic heterocycles. The summed E-state index contributed by atoms with van der Waals surface area (Å²) in [6.07, 6.45) is 21.6. The van der Waals surface area contributed by atoms with Gasteiger partial charge < -0.3 is 34.5 Å². The van der Waals surface area contributed by atoms with Crippen molar-refractivity contribution in [1.82, 2.24) is 4.81 Å². The summed E-state index contributed by atoms with van der Waals surface area (Å²) in [6.45, 7) is 3.19. The maximum atomic E-state index is 3.06. The van der Waals surface area contributed by atoms with Gasteiger partial charge in [-0.1, -0.05) is 196 Å². The van der Waals surface area contributed by atoms with Crippen molar-refractivity contribution in [2.24, 2.45) is 35.5 Å². The van der Waals surface area contributed by atoms with Gasteiger partial charge in [0.2, 0.25) is 6.85 Å². The summed E-state index contributed by atoms with van der Waals surface area (Å²) >= 11 is 0. The molecule has 1 saturated heterocycles. The van der Waals surface area contributed by atoms with Gasteiger partial charge >= 0.3 is 26.2 Å². The van der Waals surface area contributed by atoms with Crippen molar-refractivity contribution in [3.05, 3.63) is 221 Å². The Hall–Kier alpha value is -3.51. The van der Waals surface area contributed by atoms with Crippen LogP contribution in [0, 0.1) is 65.2 Å². The van der Waals surface area contributed by atoms with Crippen LogP contribution in [0.2, 0.25) is 11.6 Å². The van der Waals surface area contributed by atoms with Crippen LogP contribution in [0.3, 0.4) is 0 Å². The quantitative estimate of drug-likeness (QED) is 0.0932. The van der Waals surface area contributed by atoms with Crippen LogP contribution in [-0.2, 0) is 39.3 Å². The van der Waals surface area contributed by atoms with Gasteiger partial charge in [-0.25, -0.2) is 0 Å². The molecular weight excluding hydrogens is 825 g/mol. The Morgan fingerprint density at radius 3 is 1.19 bits per heavy atom. The molecule has 10 unspecified atom stereocenters. The first-order valence-electron chi connectivity index (χ1n) is 22.6. The molecule has 5 aromatic carbocycles. The molecule has 4 saturated carbocycles. The maximum absolute atomic E-state index is 3.06. The number of fused-ring (bicyclic) bond motifs is 7. The molecule has 3 heteroatoms. The van der Waals surface area contributed by atoms with E-state index < -0.39 is 0 Å². The molecule has 5 aromatic rings. The first-order valence-corrected chi connectivity index (χ1v) is 22.6. The molecule has 0 amide bonds. The van der Waals surface area contributed by atoms with Crippen LogP contribution in [0.25, 0.3) is 12.2 Å². The minimum absolute atomic E-state index is 0. The predicted molar refractivity (Wildman–Crippen MR) is 266 cm³/mol. The molecule has 4 aliphatic carbocycles. The van der Waals surface area contributed by atoms with Gasteiger partial charge in [-0.2, -0.15) is 0 Å². The standard InChI is InChI=1S/C39H46BN.C16H14.4CH3.Zr/c1-3-11-26(12-4-1)32-17-9-19-34-36(32)22-30-21-31-23-37-33(27-13-5-2-6-14-27)18-10-20-35(37)39(31)40(38(30)34)41-24-28-15-7-8-16-29(28)25-41;1-3-9-15(10-4-1)13-7-8-14-16-11-5-2-6-12-16;;;;;/h1-8,11-16,30-39H,9-10,17-25H2;1-14H;4*1H3;/q;;4*-1;+4/b;13-7+,14-8+;;;;;. The summed E-state index contributed by atoms with van der Waals surface area (Å²) in [6, 6.07) is 53.4. The summed E-state index contributed by atoms with van der Waals surface area (Å²) < 4.78 is 0. The van der Waals surface area contributed by atoms with E-state index in [4.69, 9.17) is 0 Å². The van der Waals surface area contributed by atoms with Crippen molar-refractivity contribution in [3.8, 4) is 0 Å². The number of allylic oxidation sites excluding steroid dienone is 2. The Bertz CT molecular complexity index is 1970. The van der Waals surface area contributed by atoms with Crippen LogP contribution in [-0.4, -0.2) is 11.7 Å². The SMILES string of the molecule is C(/C=C/c1ccccc1)=C\c1ccccc1.[CH3-].[CH3-].[CH3-].[CH3-].[Zr+4].c1ccc(C2CCCC3C2CC2CC4CC5C(c6ccccc6)CCCC5C4B(N4Cc5ccccc5C4)C23)cc1. The Labute approximate surface area is 398 Å². The molecule has 10 atom stereocenters. The Balaban J connectivity index is 0.000000297. The molecule has 2 heterocycles. The average molecular weight is 897 g/mol. The molecule has 320 valence electrons. The van der Waals surface area contributed by atoms with E-state index in [1.54, 1.807) is 22.3 Å². The minimum atomic E-state index is 0. The predicted octanol–water partition coefficient (Wildman–Crippen LogP) is 15.8. The second-order valence-corrected chi connectivity index (χ2v) is 18.6. The van der Waals surface area contributed by atoms with E-state index in [1.165, 1.54) is 82.0 Å². The second-order valence-electron chi connectivity index (χ2n) is 18.6. The number of benzene rings is 5. The largest absolute Gasteiger partial charge is 4.00 e. The fourth-order valence-electron chi connectivity index (χ4n) is 13.9. The average Bonchev–Trinajstić information content (AvgIpc) is 3.99. The number of nitrogens with zero attached hydrogens (tertiary/aromatic N) is 1. The Morgan fingerprint density at radius 1 is 0.419 bits per heavy atom. The van der Waals surface area contributed by atoms with Gasteiger partial charge in [0.25, 0.3) is 0 Å². The molecule has 0 spiro atoms. The van der Waals surface area contributed by atoms with Crippen molar-refractivity contribution in [2.75, 3.05) is 0 Å². The van der Waals surface area contributed by atoms with Gasteiger partial charge in [-0.3, -0.25) is 0 Å². The van der Waals surface area contributed by atoms with Gasteiger partial charge in [-0.15, -0.1) is 0 Å². The number of hydrogen-bond donors (Lipinski definition) is 0. The van der Waals surface area contributed by atoms with E-state index in [9.17, 15) is 0 Å². The van der Waals surface area contributed by atoms with Gasteiger partial charge in [-0.05, 0) is 124 Å². The van der Waals surface area contributed by atoms with Crippen LogP contribution in [0.1, 0.15) is 103 Å². The molecule has 62 heavy (non-hydrogen) atoms. The van der Waals surface area contributed by atoms with E-state index in [1.807, 2.05) is 36.4 Å². The topological polar surface area (TPSA) is 3.24 Å². The normalized spacial score (nSPS) is 29.0. The molecule has 0 N–H and O–H groups in total. The fraction of sp³-hybridized carbons (Fsp3) is 0.356. The van der Waals surface area contributed by atoms with E-state index in [0.29, 0.717) is 0 Å². The summed E-state index contributed by atoms with van der Waals surface area (Å²) in [4.78, 5) is 3.06. The molecule has 1 nitrogen and oxygen atoms in total. The molecule has 5 fully saturated rings. The molecule has 2 aliphatic heterocycles. The number of rotatable bonds is 6. The Morgan fingerprint density at radius 2 is 0.790 bits per heavy atom. The molecule has 11 rings (SSSR count). The van der Waals surface area contributed by atoms with Gasteiger partial charge in [0.05, 0.1) is 0 Å². The third-order valence-corrected chi connectivity index (χ3v) is 15.9. The third-order valence-electron chi connectivity index (χ3n) is 15.9. The monoisotopic (exact) mass is 895 g/mol. The van der Waals surface area contributed by atoms with E-state index in [0.717, 1.165) is 65.8 Å². The van der Waals surface area contributed by atoms with Crippen molar-refractivity contribution >= 4 is 19.0 Å². The molecular formula is C59H72BNZr. The van der Waals surface area contributed by atoms with E-state index in [-0.39, 0.29) is 55.9 Å². The zero-order valence-electron chi connectivity index (χ0n) is 38.2. The van der Waals surface area contributed by atoms with Gasteiger partial charge in [0.1, 0.15) is 0 Å². The fourth-order valence-corrected chi connectivity index (χ4v) is 13.9. The zero-order chi connectivity index (χ0) is 38.0. The van der Waals surface area contributed by atoms with Crippen molar-refractivity contribution in [3.63, 3.8) is 0 Å². The van der Waals surface area contributed by atoms with Crippen LogP contribution in [0.5, 0.6) is 0 Å². The van der Waals surface area contributed by atoms with Gasteiger partial charge in [0.15, 0.2) is 0 Å². The molecule has 6 aliphatic rings. The summed E-state index contributed by atoms with van der Waals surface area (Å²) in [5.74, 6) is 8.99. The van der Waals surface area contributed by atoms with Crippen LogP contribution >= 0.6 is 0 Å². The maximum Gasteiger partial charge on any atom is 4.00 e. The third kappa shape index (κ3) is 10.2. The molecule has 0 bridgehead atoms. The minimum Gasteiger partial charge on any atom is -0.358 e. The van der Waals surface area contributed by atoms with Crippen molar-refractivity contribution in [1.29, 1.82) is 0 Å². The number of hydrogen-bond acceptors (Lipinski definition) is 1. The summed E-state index contributed by atoms with van der Waals surface area (Å²) in [5, 5.41) is 0. The van der Waals surface area contributed by atoms with Gasteiger partial charge in [0, 0.05) is 13.1 Å². The second kappa shape index (κ2) is 22.9. The van der Waals surface area contributed by atoms with Crippen molar-refractivity contribution in [2.45, 2.75) is 94.3 Å². The molecule has 0 radical (unpaired) electrons. The first-order chi connectivity index (χ1) is 28.3. The Kier molecular flexibility index (Phi) is 18.3. The van der Waals surface area contributed by atoms with Crippen LogP contribution in [0.15, 0.2) is 158 Å². The van der Waals surface area contributed by atoms with Crippen molar-refractivity contribution < 1.29 is 26.2 Å². The summed E-state index contributed by atoms with van der Waals surface area (Å²) in [7, 11) is 0. The first kappa shape index (κ1) is 49.5.